The minimum atomic E-state index is -3.59. The van der Waals surface area contributed by atoms with E-state index in [-0.39, 0.29) is 21.5 Å². The van der Waals surface area contributed by atoms with Gasteiger partial charge in [0.15, 0.2) is 0 Å². The van der Waals surface area contributed by atoms with E-state index in [9.17, 15) is 8.42 Å². The molecule has 0 saturated heterocycles. The molecule has 0 radical (unpaired) electrons. The summed E-state index contributed by atoms with van der Waals surface area (Å²) in [5, 5.41) is 8.89. The highest BCUT2D eigenvalue weighted by atomic mass is 35.5. The smallest absolute Gasteiger partial charge is 0.208 e. The first-order valence-electron chi connectivity index (χ1n) is 5.70. The number of thioether (sulfide) groups is 1. The highest BCUT2D eigenvalue weighted by Gasteiger charge is 2.18. The van der Waals surface area contributed by atoms with Crippen LogP contribution in [0.2, 0.25) is 5.02 Å². The van der Waals surface area contributed by atoms with Crippen LogP contribution in [0.15, 0.2) is 23.1 Å². The van der Waals surface area contributed by atoms with Crippen molar-refractivity contribution in [3.63, 3.8) is 0 Å². The van der Waals surface area contributed by atoms with Crippen molar-refractivity contribution < 1.29 is 8.42 Å². The van der Waals surface area contributed by atoms with Gasteiger partial charge in [0.1, 0.15) is 6.07 Å². The average molecular weight is 319 g/mol. The minimum absolute atomic E-state index is 0.0739. The fraction of sp³-hybridized carbons (Fsp3) is 0.417. The van der Waals surface area contributed by atoms with Crippen molar-refractivity contribution in [3.05, 3.63) is 28.8 Å². The molecule has 1 N–H and O–H groups in total. The molecule has 7 heteroatoms. The molecule has 0 spiro atoms. The number of sulfonamides is 1. The Morgan fingerprint density at radius 3 is 2.74 bits per heavy atom. The molecule has 1 atom stereocenters. The van der Waals surface area contributed by atoms with Crippen LogP contribution in [0.25, 0.3) is 0 Å². The Bertz CT molecular complexity index is 582. The lowest BCUT2D eigenvalue weighted by Crippen LogP contribution is -2.34. The van der Waals surface area contributed by atoms with E-state index in [1.807, 2.05) is 19.9 Å². The Morgan fingerprint density at radius 1 is 1.53 bits per heavy atom. The molecule has 0 fully saturated rings. The summed E-state index contributed by atoms with van der Waals surface area (Å²) in [7, 11) is -3.59. The molecule has 0 aromatic heterocycles. The zero-order valence-electron chi connectivity index (χ0n) is 10.7. The van der Waals surface area contributed by atoms with Gasteiger partial charge >= 0.3 is 0 Å². The molecular formula is C12H15ClN2O2S2. The molecule has 0 aliphatic heterocycles. The summed E-state index contributed by atoms with van der Waals surface area (Å²) in [4.78, 5) is 0.0739. The lowest BCUT2D eigenvalue weighted by Gasteiger charge is -2.13. The zero-order chi connectivity index (χ0) is 14.5. The summed E-state index contributed by atoms with van der Waals surface area (Å²) >= 11 is 7.50. The van der Waals surface area contributed by atoms with Crippen LogP contribution in [0.3, 0.4) is 0 Å². The third kappa shape index (κ3) is 4.69. The Labute approximate surface area is 123 Å². The van der Waals surface area contributed by atoms with Crippen molar-refractivity contribution in [2.75, 3.05) is 11.5 Å². The topological polar surface area (TPSA) is 70.0 Å². The van der Waals surface area contributed by atoms with Crippen molar-refractivity contribution in [2.24, 2.45) is 0 Å². The number of nitrogens with zero attached hydrogens (tertiary/aromatic N) is 1. The molecule has 0 bridgehead atoms. The van der Waals surface area contributed by atoms with Crippen molar-refractivity contribution in [1.82, 2.24) is 4.72 Å². The van der Waals surface area contributed by atoms with Crippen molar-refractivity contribution in [2.45, 2.75) is 24.8 Å². The number of benzene rings is 1. The highest BCUT2D eigenvalue weighted by molar-refractivity contribution is 7.99. The Hall–Kier alpha value is -0.740. The lowest BCUT2D eigenvalue weighted by atomic mass is 10.2. The number of hydrogen-bond donors (Lipinski definition) is 1. The van der Waals surface area contributed by atoms with Crippen molar-refractivity contribution >= 4 is 33.4 Å². The van der Waals surface area contributed by atoms with Gasteiger partial charge in [0, 0.05) is 11.8 Å². The SMILES string of the molecule is CCSCC(C)NS(=O)(=O)c1ccc(C#N)c(Cl)c1. The molecule has 0 aliphatic carbocycles. The van der Waals surface area contributed by atoms with Crippen LogP contribution < -0.4 is 4.72 Å². The lowest BCUT2D eigenvalue weighted by molar-refractivity contribution is 0.571. The minimum Gasteiger partial charge on any atom is -0.208 e. The quantitative estimate of drug-likeness (QED) is 0.875. The van der Waals surface area contributed by atoms with Gasteiger partial charge in [0.25, 0.3) is 0 Å². The molecule has 0 saturated carbocycles. The van der Waals surface area contributed by atoms with Crippen LogP contribution in [0, 0.1) is 11.3 Å². The fourth-order valence-corrected chi connectivity index (χ4v) is 3.75. The van der Waals surface area contributed by atoms with E-state index in [1.165, 1.54) is 18.2 Å². The Balaban J connectivity index is 2.89. The Morgan fingerprint density at radius 2 is 2.21 bits per heavy atom. The monoisotopic (exact) mass is 318 g/mol. The fourth-order valence-electron chi connectivity index (χ4n) is 1.42. The zero-order valence-corrected chi connectivity index (χ0v) is 13.1. The van der Waals surface area contributed by atoms with Crippen LogP contribution in [0.1, 0.15) is 19.4 Å². The molecule has 0 heterocycles. The number of nitriles is 1. The molecule has 0 aliphatic rings. The standard InChI is InChI=1S/C12H15ClN2O2S2/c1-3-18-8-9(2)15-19(16,17)11-5-4-10(7-14)12(13)6-11/h4-6,9,15H,3,8H2,1-2H3. The maximum Gasteiger partial charge on any atom is 0.240 e. The summed E-state index contributed by atoms with van der Waals surface area (Å²) in [6.45, 7) is 3.83. The van der Waals surface area contributed by atoms with Gasteiger partial charge in [-0.3, -0.25) is 0 Å². The summed E-state index contributed by atoms with van der Waals surface area (Å²) in [6.07, 6.45) is 0. The predicted octanol–water partition coefficient (Wildman–Crippen LogP) is 2.63. The van der Waals surface area contributed by atoms with Gasteiger partial charge in [-0.15, -0.1) is 0 Å². The number of nitrogens with one attached hydrogen (secondary N) is 1. The number of rotatable bonds is 6. The molecule has 1 aromatic rings. The second kappa shape index (κ2) is 7.15. The molecule has 1 aromatic carbocycles. The van der Waals surface area contributed by atoms with Gasteiger partial charge in [0.05, 0.1) is 15.5 Å². The highest BCUT2D eigenvalue weighted by Crippen LogP contribution is 2.20. The van der Waals surface area contributed by atoms with Gasteiger partial charge in [0.2, 0.25) is 10.0 Å². The van der Waals surface area contributed by atoms with E-state index in [0.29, 0.717) is 5.75 Å². The summed E-state index contributed by atoms with van der Waals surface area (Å²) in [6, 6.07) is 5.81. The molecule has 104 valence electrons. The van der Waals surface area contributed by atoms with Gasteiger partial charge in [-0.05, 0) is 30.9 Å². The number of halogens is 1. The first kappa shape index (κ1) is 16.3. The largest absolute Gasteiger partial charge is 0.240 e. The molecule has 1 unspecified atom stereocenters. The van der Waals surface area contributed by atoms with E-state index >= 15 is 0 Å². The van der Waals surface area contributed by atoms with E-state index in [2.05, 4.69) is 4.72 Å². The van der Waals surface area contributed by atoms with Crippen LogP contribution in [0.5, 0.6) is 0 Å². The Kier molecular flexibility index (Phi) is 6.14. The van der Waals surface area contributed by atoms with Gasteiger partial charge in [-0.25, -0.2) is 13.1 Å². The average Bonchev–Trinajstić information content (AvgIpc) is 2.35. The van der Waals surface area contributed by atoms with E-state index in [1.54, 1.807) is 11.8 Å². The predicted molar refractivity (Wildman–Crippen MR) is 78.9 cm³/mol. The van der Waals surface area contributed by atoms with Crippen molar-refractivity contribution in [1.29, 1.82) is 5.26 Å². The maximum atomic E-state index is 12.1. The second-order valence-corrected chi connectivity index (χ2v) is 7.38. The molecule has 19 heavy (non-hydrogen) atoms. The second-order valence-electron chi connectivity index (χ2n) is 3.94. The molecule has 0 amide bonds. The van der Waals surface area contributed by atoms with Gasteiger partial charge < -0.3 is 0 Å². The first-order chi connectivity index (χ1) is 8.90. The van der Waals surface area contributed by atoms with E-state index < -0.39 is 10.0 Å². The summed E-state index contributed by atoms with van der Waals surface area (Å²) in [5.41, 5.74) is 0.259. The van der Waals surface area contributed by atoms with Crippen LogP contribution >= 0.6 is 23.4 Å². The van der Waals surface area contributed by atoms with Crippen molar-refractivity contribution in [3.8, 4) is 6.07 Å². The molecular weight excluding hydrogens is 304 g/mol. The molecule has 4 nitrogen and oxygen atoms in total. The van der Waals surface area contributed by atoms with E-state index in [0.717, 1.165) is 5.75 Å². The van der Waals surface area contributed by atoms with Crippen LogP contribution in [-0.4, -0.2) is 26.0 Å². The van der Waals surface area contributed by atoms with E-state index in [4.69, 9.17) is 16.9 Å². The first-order valence-corrected chi connectivity index (χ1v) is 8.72. The number of hydrogen-bond acceptors (Lipinski definition) is 4. The maximum absolute atomic E-state index is 12.1. The normalized spacial score (nSPS) is 12.9. The van der Waals surface area contributed by atoms with Gasteiger partial charge in [-0.2, -0.15) is 17.0 Å². The summed E-state index contributed by atoms with van der Waals surface area (Å²) in [5.74, 6) is 1.65. The summed E-state index contributed by atoms with van der Waals surface area (Å²) < 4.78 is 26.8. The third-order valence-electron chi connectivity index (χ3n) is 2.30. The van der Waals surface area contributed by atoms with Crippen LogP contribution in [0.4, 0.5) is 0 Å². The van der Waals surface area contributed by atoms with Crippen LogP contribution in [-0.2, 0) is 10.0 Å². The molecule has 1 rings (SSSR count). The third-order valence-corrected chi connectivity index (χ3v) is 5.34. The van der Waals surface area contributed by atoms with Gasteiger partial charge in [-0.1, -0.05) is 18.5 Å².